The third-order valence-electron chi connectivity index (χ3n) is 3.23. The second-order valence-corrected chi connectivity index (χ2v) is 6.43. The average molecular weight is 288 g/mol. The predicted molar refractivity (Wildman–Crippen MR) is 90.7 cm³/mol. The second-order valence-electron chi connectivity index (χ2n) is 5.26. The fraction of sp³-hybridized carbons (Fsp3) is 0.412. The van der Waals surface area contributed by atoms with E-state index in [2.05, 4.69) is 66.8 Å². The smallest absolute Gasteiger partial charge is 0.0106 e. The van der Waals surface area contributed by atoms with Crippen LogP contribution in [0, 0.1) is 0 Å². The van der Waals surface area contributed by atoms with Gasteiger partial charge in [0, 0.05) is 17.2 Å². The van der Waals surface area contributed by atoms with Gasteiger partial charge >= 0.3 is 0 Å². The lowest BCUT2D eigenvalue weighted by Crippen LogP contribution is -2.23. The monoisotopic (exact) mass is 288 g/mol. The molecule has 0 saturated carbocycles. The van der Waals surface area contributed by atoms with Gasteiger partial charge < -0.3 is 10.2 Å². The molecule has 0 amide bonds. The molecule has 0 aliphatic rings. The highest BCUT2D eigenvalue weighted by atomic mass is 32.2. The zero-order chi connectivity index (χ0) is 14.2. The van der Waals surface area contributed by atoms with Crippen molar-refractivity contribution in [3.63, 3.8) is 0 Å². The van der Waals surface area contributed by atoms with Gasteiger partial charge in [-0.25, -0.2) is 0 Å². The van der Waals surface area contributed by atoms with Crippen LogP contribution in [-0.4, -0.2) is 44.4 Å². The molecule has 0 spiro atoms. The number of thioether (sulfide) groups is 1. The van der Waals surface area contributed by atoms with Crippen molar-refractivity contribution in [3.8, 4) is 0 Å². The molecule has 0 heterocycles. The lowest BCUT2D eigenvalue weighted by Gasteiger charge is -2.09. The number of nitrogens with one attached hydrogen (secondary N) is 1. The van der Waals surface area contributed by atoms with Crippen molar-refractivity contribution in [1.29, 1.82) is 0 Å². The standard InChI is InChI=1S/C17H24N2S/c1-19(2)12-5-10-18-11-13-20-17-9-8-15-6-3-4-7-16(15)14-17/h3-4,6-9,14,18H,5,10-13H2,1-2H3. The highest BCUT2D eigenvalue weighted by Gasteiger charge is 1.97. The summed E-state index contributed by atoms with van der Waals surface area (Å²) >= 11 is 1.93. The van der Waals surface area contributed by atoms with Crippen LogP contribution in [0.1, 0.15) is 6.42 Å². The van der Waals surface area contributed by atoms with Crippen molar-refractivity contribution in [2.75, 3.05) is 39.5 Å². The largest absolute Gasteiger partial charge is 0.316 e. The maximum absolute atomic E-state index is 3.50. The van der Waals surface area contributed by atoms with Gasteiger partial charge in [-0.3, -0.25) is 0 Å². The highest BCUT2D eigenvalue weighted by molar-refractivity contribution is 7.99. The minimum atomic E-state index is 1.07. The Hall–Kier alpha value is -1.03. The molecule has 2 rings (SSSR count). The Labute approximate surface area is 126 Å². The molecular weight excluding hydrogens is 264 g/mol. The maximum Gasteiger partial charge on any atom is 0.0106 e. The third kappa shape index (κ3) is 5.16. The van der Waals surface area contributed by atoms with Crippen molar-refractivity contribution >= 4 is 22.5 Å². The Balaban J connectivity index is 1.68. The summed E-state index contributed by atoms with van der Waals surface area (Å²) in [5, 5.41) is 6.15. The van der Waals surface area contributed by atoms with Gasteiger partial charge in [-0.05, 0) is 56.5 Å². The molecule has 2 nitrogen and oxygen atoms in total. The van der Waals surface area contributed by atoms with E-state index in [1.807, 2.05) is 11.8 Å². The molecule has 0 saturated heterocycles. The summed E-state index contributed by atoms with van der Waals surface area (Å²) in [5.41, 5.74) is 0. The molecule has 0 atom stereocenters. The van der Waals surface area contributed by atoms with E-state index >= 15 is 0 Å². The summed E-state index contributed by atoms with van der Waals surface area (Å²) in [4.78, 5) is 3.59. The normalized spacial score (nSPS) is 11.3. The van der Waals surface area contributed by atoms with E-state index < -0.39 is 0 Å². The topological polar surface area (TPSA) is 15.3 Å². The zero-order valence-electron chi connectivity index (χ0n) is 12.4. The molecule has 0 radical (unpaired) electrons. The van der Waals surface area contributed by atoms with Crippen molar-refractivity contribution in [3.05, 3.63) is 42.5 Å². The SMILES string of the molecule is CN(C)CCCNCCSc1ccc2ccccc2c1. The van der Waals surface area contributed by atoms with Crippen LogP contribution in [0.15, 0.2) is 47.4 Å². The minimum absolute atomic E-state index is 1.07. The number of nitrogens with zero attached hydrogens (tertiary/aromatic N) is 1. The first kappa shape index (κ1) is 15.4. The molecule has 0 unspecified atom stereocenters. The Kier molecular flexibility index (Phi) is 6.37. The van der Waals surface area contributed by atoms with Gasteiger partial charge in [0.2, 0.25) is 0 Å². The quantitative estimate of drug-likeness (QED) is 0.591. The van der Waals surface area contributed by atoms with Crippen molar-refractivity contribution in [1.82, 2.24) is 10.2 Å². The van der Waals surface area contributed by atoms with Crippen LogP contribution in [0.5, 0.6) is 0 Å². The molecule has 0 bridgehead atoms. The van der Waals surface area contributed by atoms with Gasteiger partial charge in [0.15, 0.2) is 0 Å². The predicted octanol–water partition coefficient (Wildman–Crippen LogP) is 3.47. The lowest BCUT2D eigenvalue weighted by atomic mass is 10.1. The Bertz CT molecular complexity index is 525. The number of rotatable bonds is 8. The van der Waals surface area contributed by atoms with E-state index in [4.69, 9.17) is 0 Å². The molecule has 0 aliphatic heterocycles. The van der Waals surface area contributed by atoms with Gasteiger partial charge in [0.05, 0.1) is 0 Å². The summed E-state index contributed by atoms with van der Waals surface area (Å²) in [5.74, 6) is 1.13. The zero-order valence-corrected chi connectivity index (χ0v) is 13.2. The Morgan fingerprint density at radius 2 is 1.80 bits per heavy atom. The summed E-state index contributed by atoms with van der Waals surface area (Å²) in [6.07, 6.45) is 1.22. The fourth-order valence-electron chi connectivity index (χ4n) is 2.14. The number of benzene rings is 2. The van der Waals surface area contributed by atoms with Gasteiger partial charge in [-0.2, -0.15) is 0 Å². The molecule has 20 heavy (non-hydrogen) atoms. The van der Waals surface area contributed by atoms with Gasteiger partial charge in [0.25, 0.3) is 0 Å². The molecule has 0 fully saturated rings. The Morgan fingerprint density at radius 1 is 1.00 bits per heavy atom. The van der Waals surface area contributed by atoms with Crippen LogP contribution in [0.25, 0.3) is 10.8 Å². The van der Waals surface area contributed by atoms with Crippen LogP contribution in [0.2, 0.25) is 0 Å². The fourth-order valence-corrected chi connectivity index (χ4v) is 3.00. The van der Waals surface area contributed by atoms with E-state index in [-0.39, 0.29) is 0 Å². The first-order chi connectivity index (χ1) is 9.75. The number of fused-ring (bicyclic) bond motifs is 1. The van der Waals surface area contributed by atoms with Crippen molar-refractivity contribution < 1.29 is 0 Å². The van der Waals surface area contributed by atoms with Crippen LogP contribution >= 0.6 is 11.8 Å². The maximum atomic E-state index is 3.50. The molecular formula is C17H24N2S. The molecule has 1 N–H and O–H groups in total. The van der Waals surface area contributed by atoms with Crippen molar-refractivity contribution in [2.45, 2.75) is 11.3 Å². The first-order valence-corrected chi connectivity index (χ1v) is 8.21. The molecule has 0 aliphatic carbocycles. The van der Waals surface area contributed by atoms with E-state index in [0.717, 1.165) is 25.4 Å². The average Bonchev–Trinajstić information content (AvgIpc) is 2.46. The van der Waals surface area contributed by atoms with Crippen LogP contribution in [-0.2, 0) is 0 Å². The summed E-state index contributed by atoms with van der Waals surface area (Å²) in [7, 11) is 4.24. The molecule has 108 valence electrons. The molecule has 2 aromatic carbocycles. The number of hydrogen-bond donors (Lipinski definition) is 1. The molecule has 0 aromatic heterocycles. The summed E-state index contributed by atoms with van der Waals surface area (Å²) in [6.45, 7) is 3.34. The van der Waals surface area contributed by atoms with E-state index in [9.17, 15) is 0 Å². The summed E-state index contributed by atoms with van der Waals surface area (Å²) < 4.78 is 0. The van der Waals surface area contributed by atoms with E-state index in [0.29, 0.717) is 0 Å². The van der Waals surface area contributed by atoms with Crippen LogP contribution < -0.4 is 5.32 Å². The van der Waals surface area contributed by atoms with Gasteiger partial charge in [-0.15, -0.1) is 11.8 Å². The van der Waals surface area contributed by atoms with Gasteiger partial charge in [0.1, 0.15) is 0 Å². The van der Waals surface area contributed by atoms with E-state index in [1.54, 1.807) is 0 Å². The van der Waals surface area contributed by atoms with Crippen molar-refractivity contribution in [2.24, 2.45) is 0 Å². The lowest BCUT2D eigenvalue weighted by molar-refractivity contribution is 0.396. The Morgan fingerprint density at radius 3 is 2.60 bits per heavy atom. The second kappa shape index (κ2) is 8.30. The summed E-state index contributed by atoms with van der Waals surface area (Å²) in [6, 6.07) is 15.2. The minimum Gasteiger partial charge on any atom is -0.316 e. The number of hydrogen-bond acceptors (Lipinski definition) is 3. The molecule has 2 aromatic rings. The van der Waals surface area contributed by atoms with Crippen LogP contribution in [0.3, 0.4) is 0 Å². The van der Waals surface area contributed by atoms with Crippen LogP contribution in [0.4, 0.5) is 0 Å². The van der Waals surface area contributed by atoms with Gasteiger partial charge in [-0.1, -0.05) is 30.3 Å². The highest BCUT2D eigenvalue weighted by Crippen LogP contribution is 2.23. The molecule has 3 heteroatoms. The third-order valence-corrected chi connectivity index (χ3v) is 4.22. The van der Waals surface area contributed by atoms with E-state index in [1.165, 1.54) is 22.1 Å². The first-order valence-electron chi connectivity index (χ1n) is 7.23.